The first kappa shape index (κ1) is 29.0. The third-order valence-electron chi connectivity index (χ3n) is 7.66. The van der Waals surface area contributed by atoms with Gasteiger partial charge in [0, 0.05) is 49.5 Å². The fraction of sp³-hybridized carbons (Fsp3) is 0.281. The Balaban J connectivity index is 1.35. The quantitative estimate of drug-likeness (QED) is 0.174. The second-order valence-electron chi connectivity index (χ2n) is 10.7. The van der Waals surface area contributed by atoms with Gasteiger partial charge in [-0.15, -0.1) is 0 Å². The normalized spacial score (nSPS) is 16.5. The van der Waals surface area contributed by atoms with Gasteiger partial charge in [0.15, 0.2) is 0 Å². The summed E-state index contributed by atoms with van der Waals surface area (Å²) in [5.41, 5.74) is 7.97. The van der Waals surface area contributed by atoms with Crippen molar-refractivity contribution in [2.75, 3.05) is 57.0 Å². The van der Waals surface area contributed by atoms with Crippen molar-refractivity contribution in [3.05, 3.63) is 94.0 Å². The van der Waals surface area contributed by atoms with Gasteiger partial charge in [-0.2, -0.15) is 0 Å². The number of carbonyl (C=O) groups excluding carboxylic acids is 2. The molecule has 4 N–H and O–H groups in total. The Morgan fingerprint density at radius 1 is 0.952 bits per heavy atom. The molecule has 0 bridgehead atoms. The van der Waals surface area contributed by atoms with Gasteiger partial charge in [0.05, 0.1) is 29.1 Å². The molecule has 0 aromatic heterocycles. The lowest BCUT2D eigenvalue weighted by Gasteiger charge is -2.32. The molecule has 0 atom stereocenters. The predicted molar refractivity (Wildman–Crippen MR) is 162 cm³/mol. The first-order valence-electron chi connectivity index (χ1n) is 13.9. The van der Waals surface area contributed by atoms with E-state index in [4.69, 9.17) is 4.84 Å². The maximum atomic E-state index is 13.3. The summed E-state index contributed by atoms with van der Waals surface area (Å²) in [5, 5.41) is 15.8. The minimum absolute atomic E-state index is 0.136. The monoisotopic (exact) mass is 569 g/mol. The molecular formula is C32H35N5O5. The number of hydrogen-bond donors (Lipinski definition) is 4. The van der Waals surface area contributed by atoms with Crippen LogP contribution in [0, 0.1) is 13.8 Å². The second kappa shape index (κ2) is 12.6. The smallest absolute Gasteiger partial charge is 0.336 e. The van der Waals surface area contributed by atoms with E-state index in [1.807, 2.05) is 43.3 Å². The number of carboxylic acid groups (broad SMARTS) is 1. The lowest BCUT2D eigenvalue weighted by Crippen LogP contribution is -2.45. The average Bonchev–Trinajstić information content (AvgIpc) is 3.29. The van der Waals surface area contributed by atoms with Gasteiger partial charge in [-0.1, -0.05) is 30.3 Å². The van der Waals surface area contributed by atoms with Crippen LogP contribution in [0.5, 0.6) is 0 Å². The van der Waals surface area contributed by atoms with Gasteiger partial charge in [-0.05, 0) is 67.9 Å². The number of aryl methyl sites for hydroxylation is 2. The third kappa shape index (κ3) is 6.36. The first-order valence-corrected chi connectivity index (χ1v) is 13.9. The summed E-state index contributed by atoms with van der Waals surface area (Å²) in [6.07, 6.45) is 0. The number of benzene rings is 3. The van der Waals surface area contributed by atoms with Gasteiger partial charge in [0.1, 0.15) is 0 Å². The molecule has 0 aliphatic carbocycles. The number of hydroxylamine groups is 1. The van der Waals surface area contributed by atoms with Crippen LogP contribution < -0.4 is 16.1 Å². The second-order valence-corrected chi connectivity index (χ2v) is 10.7. The summed E-state index contributed by atoms with van der Waals surface area (Å²) < 4.78 is 0. The minimum Gasteiger partial charge on any atom is -0.478 e. The lowest BCUT2D eigenvalue weighted by molar-refractivity contribution is -0.110. The van der Waals surface area contributed by atoms with E-state index in [0.717, 1.165) is 43.9 Å². The highest BCUT2D eigenvalue weighted by molar-refractivity contribution is 6.37. The molecule has 3 aromatic rings. The summed E-state index contributed by atoms with van der Waals surface area (Å²) in [6, 6.07) is 18.0. The maximum Gasteiger partial charge on any atom is 0.336 e. The van der Waals surface area contributed by atoms with Crippen LogP contribution >= 0.6 is 0 Å². The van der Waals surface area contributed by atoms with E-state index in [1.165, 1.54) is 6.07 Å². The van der Waals surface area contributed by atoms with Crippen LogP contribution in [0.2, 0.25) is 0 Å². The van der Waals surface area contributed by atoms with Crippen LogP contribution in [-0.2, 0) is 9.63 Å². The van der Waals surface area contributed by atoms with Gasteiger partial charge < -0.3 is 20.6 Å². The molecule has 0 unspecified atom stereocenters. The summed E-state index contributed by atoms with van der Waals surface area (Å²) in [5.74, 6) is -1.71. The number of piperazine rings is 1. The molecule has 1 saturated heterocycles. The molecule has 42 heavy (non-hydrogen) atoms. The molecular weight excluding hydrogens is 534 g/mol. The van der Waals surface area contributed by atoms with Crippen molar-refractivity contribution in [3.63, 3.8) is 0 Å². The van der Waals surface area contributed by atoms with Gasteiger partial charge in [-0.25, -0.2) is 10.3 Å². The Morgan fingerprint density at radius 3 is 2.36 bits per heavy atom. The number of nitrogens with one attached hydrogen (secondary N) is 3. The zero-order valence-corrected chi connectivity index (χ0v) is 24.0. The Bertz CT molecular complexity index is 1540. The van der Waals surface area contributed by atoms with E-state index < -0.39 is 5.97 Å². The van der Waals surface area contributed by atoms with Crippen molar-refractivity contribution in [3.8, 4) is 0 Å². The lowest BCUT2D eigenvalue weighted by atomic mass is 9.96. The zero-order chi connectivity index (χ0) is 29.8. The average molecular weight is 570 g/mol. The van der Waals surface area contributed by atoms with Gasteiger partial charge in [-0.3, -0.25) is 19.3 Å². The van der Waals surface area contributed by atoms with E-state index in [1.54, 1.807) is 25.1 Å². The molecule has 10 nitrogen and oxygen atoms in total. The van der Waals surface area contributed by atoms with E-state index in [9.17, 15) is 19.5 Å². The Labute approximate surface area is 244 Å². The number of rotatable bonds is 9. The highest BCUT2D eigenvalue weighted by Crippen LogP contribution is 2.39. The number of carboxylic acids is 1. The van der Waals surface area contributed by atoms with Crippen molar-refractivity contribution in [2.45, 2.75) is 13.8 Å². The summed E-state index contributed by atoms with van der Waals surface area (Å²) in [6.45, 7) is 8.72. The first-order chi connectivity index (χ1) is 20.2. The van der Waals surface area contributed by atoms with E-state index in [-0.39, 0.29) is 17.4 Å². The SMILES string of the molecule is Cc1cc2c(cc1C(=O)O)NC(=O)C2=C(Nc1ccc(C(=O)NOCCN2CCN(C)CC2)c(C)c1)c1ccccc1. The van der Waals surface area contributed by atoms with Gasteiger partial charge in [0.2, 0.25) is 0 Å². The number of anilines is 2. The van der Waals surface area contributed by atoms with E-state index >= 15 is 0 Å². The van der Waals surface area contributed by atoms with Gasteiger partial charge in [0.25, 0.3) is 11.8 Å². The number of aromatic carboxylic acids is 1. The number of amides is 2. The third-order valence-corrected chi connectivity index (χ3v) is 7.66. The van der Waals surface area contributed by atoms with Crippen LogP contribution in [0.3, 0.4) is 0 Å². The number of carbonyl (C=O) groups is 3. The van der Waals surface area contributed by atoms with Gasteiger partial charge >= 0.3 is 5.97 Å². The molecule has 1 fully saturated rings. The van der Waals surface area contributed by atoms with Crippen molar-refractivity contribution in [1.29, 1.82) is 0 Å². The largest absolute Gasteiger partial charge is 0.478 e. The molecule has 5 rings (SSSR count). The molecule has 2 amide bonds. The number of nitrogens with zero attached hydrogens (tertiary/aromatic N) is 2. The molecule has 2 aliphatic heterocycles. The topological polar surface area (TPSA) is 123 Å². The molecule has 2 aliphatic rings. The number of hydrogen-bond acceptors (Lipinski definition) is 7. The number of fused-ring (bicyclic) bond motifs is 1. The molecule has 218 valence electrons. The fourth-order valence-corrected chi connectivity index (χ4v) is 5.25. The van der Waals surface area contributed by atoms with E-state index in [2.05, 4.69) is 33.0 Å². The van der Waals surface area contributed by atoms with Crippen molar-refractivity contribution < 1.29 is 24.3 Å². The number of likely N-dealkylation sites (N-methyl/N-ethyl adjacent to an activating group) is 1. The summed E-state index contributed by atoms with van der Waals surface area (Å²) in [7, 11) is 2.11. The Hall–Kier alpha value is -4.51. The standard InChI is InChI=1S/C32H35N5O5/c1-20-17-23(9-10-24(20)30(38)35-42-16-15-37-13-11-36(3)12-14-37)33-29(22-7-5-4-6-8-22)28-26-18-21(2)25(32(40)41)19-27(26)34-31(28)39/h4-10,17-19,33H,11-16H2,1-3H3,(H,34,39)(H,35,38)(H,40,41). The minimum atomic E-state index is -1.05. The fourth-order valence-electron chi connectivity index (χ4n) is 5.25. The van der Waals surface area contributed by atoms with Crippen LogP contribution in [0.15, 0.2) is 60.7 Å². The Morgan fingerprint density at radius 2 is 1.67 bits per heavy atom. The van der Waals surface area contributed by atoms with Crippen LogP contribution in [-0.4, -0.2) is 79.1 Å². The molecule has 0 spiro atoms. The molecule has 0 radical (unpaired) electrons. The van der Waals surface area contributed by atoms with Crippen LogP contribution in [0.4, 0.5) is 11.4 Å². The van der Waals surface area contributed by atoms with Crippen molar-refractivity contribution >= 4 is 40.4 Å². The van der Waals surface area contributed by atoms with Crippen LogP contribution in [0.1, 0.15) is 43.0 Å². The predicted octanol–water partition coefficient (Wildman–Crippen LogP) is 3.84. The highest BCUT2D eigenvalue weighted by Gasteiger charge is 2.30. The summed E-state index contributed by atoms with van der Waals surface area (Å²) in [4.78, 5) is 47.8. The highest BCUT2D eigenvalue weighted by atomic mass is 16.7. The van der Waals surface area contributed by atoms with Crippen molar-refractivity contribution in [2.24, 2.45) is 0 Å². The summed E-state index contributed by atoms with van der Waals surface area (Å²) >= 11 is 0. The van der Waals surface area contributed by atoms with Crippen LogP contribution in [0.25, 0.3) is 11.3 Å². The molecule has 3 aromatic carbocycles. The Kier molecular flexibility index (Phi) is 8.67. The molecule has 10 heteroatoms. The van der Waals surface area contributed by atoms with Crippen molar-refractivity contribution in [1.82, 2.24) is 15.3 Å². The maximum absolute atomic E-state index is 13.3. The van der Waals surface area contributed by atoms with E-state index in [0.29, 0.717) is 45.9 Å². The molecule has 0 saturated carbocycles. The molecule has 2 heterocycles. The zero-order valence-electron chi connectivity index (χ0n) is 24.0.